The highest BCUT2D eigenvalue weighted by atomic mass is 16.5. The van der Waals surface area contributed by atoms with E-state index in [0.29, 0.717) is 6.54 Å². The third-order valence-electron chi connectivity index (χ3n) is 6.42. The fourth-order valence-corrected chi connectivity index (χ4v) is 4.71. The van der Waals surface area contributed by atoms with E-state index in [-0.39, 0.29) is 29.8 Å². The molecule has 5 heteroatoms. The molecule has 1 atom stereocenters. The molecule has 2 fully saturated rings. The molecule has 2 heterocycles. The van der Waals surface area contributed by atoms with E-state index in [1.165, 1.54) is 11.1 Å². The van der Waals surface area contributed by atoms with Crippen molar-refractivity contribution in [2.75, 3.05) is 19.7 Å². The molecule has 1 N–H and O–H groups in total. The van der Waals surface area contributed by atoms with E-state index >= 15 is 0 Å². The molecule has 1 aliphatic carbocycles. The zero-order valence-electron chi connectivity index (χ0n) is 16.0. The van der Waals surface area contributed by atoms with E-state index in [1.807, 2.05) is 11.0 Å². The molecule has 2 amide bonds. The molecule has 0 bridgehead atoms. The maximum absolute atomic E-state index is 12.9. The maximum Gasteiger partial charge on any atom is 0.225 e. The quantitative estimate of drug-likeness (QED) is 0.886. The van der Waals surface area contributed by atoms with Crippen LogP contribution in [0.4, 0.5) is 0 Å². The lowest BCUT2D eigenvalue weighted by Crippen LogP contribution is -2.42. The van der Waals surface area contributed by atoms with Crippen LogP contribution in [-0.2, 0) is 27.3 Å². The lowest BCUT2D eigenvalue weighted by atomic mass is 9.80. The summed E-state index contributed by atoms with van der Waals surface area (Å²) in [6.07, 6.45) is 6.56. The number of ether oxygens (including phenoxy) is 1. The van der Waals surface area contributed by atoms with Crippen LogP contribution >= 0.6 is 0 Å². The van der Waals surface area contributed by atoms with Gasteiger partial charge < -0.3 is 15.0 Å². The number of carbonyl (C=O) groups is 2. The summed E-state index contributed by atoms with van der Waals surface area (Å²) < 4.78 is 5.57. The van der Waals surface area contributed by atoms with E-state index in [0.717, 1.165) is 64.6 Å². The minimum atomic E-state index is 0.0533. The molecule has 5 nitrogen and oxygen atoms in total. The molecule has 1 unspecified atom stereocenters. The SMILES string of the molecule is O=C(NCC1CCCO1)C1CCC(C(=O)N2CCc3ccccc3C2)CC1. The van der Waals surface area contributed by atoms with Crippen LogP contribution in [0.3, 0.4) is 0 Å². The molecule has 1 aromatic rings. The van der Waals surface area contributed by atoms with Gasteiger partial charge in [-0.1, -0.05) is 24.3 Å². The summed E-state index contributed by atoms with van der Waals surface area (Å²) in [5.41, 5.74) is 2.65. The first kappa shape index (κ1) is 18.5. The van der Waals surface area contributed by atoms with E-state index in [1.54, 1.807) is 0 Å². The Morgan fingerprint density at radius 1 is 1.04 bits per heavy atom. The summed E-state index contributed by atoms with van der Waals surface area (Å²) in [5.74, 6) is 0.557. The van der Waals surface area contributed by atoms with Gasteiger partial charge >= 0.3 is 0 Å². The van der Waals surface area contributed by atoms with Gasteiger partial charge in [-0.15, -0.1) is 0 Å². The van der Waals surface area contributed by atoms with Gasteiger partial charge in [0.2, 0.25) is 11.8 Å². The molecule has 0 aromatic heterocycles. The number of benzene rings is 1. The first-order chi connectivity index (χ1) is 13.2. The number of nitrogens with zero attached hydrogens (tertiary/aromatic N) is 1. The summed E-state index contributed by atoms with van der Waals surface area (Å²) >= 11 is 0. The molecular weight excluding hydrogens is 340 g/mol. The van der Waals surface area contributed by atoms with Gasteiger partial charge in [-0.25, -0.2) is 0 Å². The Labute approximate surface area is 161 Å². The predicted octanol–water partition coefficient (Wildman–Crippen LogP) is 2.67. The van der Waals surface area contributed by atoms with Crippen LogP contribution in [0.2, 0.25) is 0 Å². The van der Waals surface area contributed by atoms with E-state index in [9.17, 15) is 9.59 Å². The molecule has 1 saturated carbocycles. The van der Waals surface area contributed by atoms with E-state index in [2.05, 4.69) is 23.5 Å². The van der Waals surface area contributed by atoms with Crippen molar-refractivity contribution < 1.29 is 14.3 Å². The second-order valence-electron chi connectivity index (χ2n) is 8.21. The Bertz CT molecular complexity index is 676. The van der Waals surface area contributed by atoms with Crippen molar-refractivity contribution in [1.82, 2.24) is 10.2 Å². The van der Waals surface area contributed by atoms with Crippen LogP contribution in [0.15, 0.2) is 24.3 Å². The first-order valence-corrected chi connectivity index (χ1v) is 10.5. The van der Waals surface area contributed by atoms with Crippen LogP contribution in [0, 0.1) is 11.8 Å². The third-order valence-corrected chi connectivity index (χ3v) is 6.42. The second kappa shape index (κ2) is 8.42. The van der Waals surface area contributed by atoms with Gasteiger partial charge in [-0.3, -0.25) is 9.59 Å². The molecule has 2 aliphatic heterocycles. The fraction of sp³-hybridized carbons (Fsp3) is 0.636. The standard InChI is InChI=1S/C22H30N2O3/c25-21(23-14-20-6-3-13-27-20)17-7-9-18(10-8-17)22(26)24-12-11-16-4-1-2-5-19(16)15-24/h1-2,4-5,17-18,20H,3,6-15H2,(H,23,25). The molecule has 146 valence electrons. The lowest BCUT2D eigenvalue weighted by molar-refractivity contribution is -0.139. The number of amides is 2. The van der Waals surface area contributed by atoms with Crippen LogP contribution < -0.4 is 5.32 Å². The average molecular weight is 370 g/mol. The van der Waals surface area contributed by atoms with Gasteiger partial charge in [0.05, 0.1) is 6.10 Å². The highest BCUT2D eigenvalue weighted by Gasteiger charge is 2.33. The Kier molecular flexibility index (Phi) is 5.77. The fourth-order valence-electron chi connectivity index (χ4n) is 4.71. The first-order valence-electron chi connectivity index (χ1n) is 10.5. The zero-order valence-corrected chi connectivity index (χ0v) is 16.0. The Morgan fingerprint density at radius 2 is 1.78 bits per heavy atom. The number of hydrogen-bond acceptors (Lipinski definition) is 3. The monoisotopic (exact) mass is 370 g/mol. The molecule has 1 saturated heterocycles. The molecule has 0 radical (unpaired) electrons. The van der Waals surface area contributed by atoms with Crippen LogP contribution in [-0.4, -0.2) is 42.5 Å². The molecule has 0 spiro atoms. The summed E-state index contributed by atoms with van der Waals surface area (Å²) in [7, 11) is 0. The summed E-state index contributed by atoms with van der Waals surface area (Å²) in [6, 6.07) is 8.41. The number of nitrogens with one attached hydrogen (secondary N) is 1. The van der Waals surface area contributed by atoms with Gasteiger partial charge in [0.1, 0.15) is 0 Å². The minimum Gasteiger partial charge on any atom is -0.376 e. The average Bonchev–Trinajstić information content (AvgIpc) is 3.25. The number of rotatable bonds is 4. The highest BCUT2D eigenvalue weighted by molar-refractivity contribution is 5.81. The zero-order chi connectivity index (χ0) is 18.6. The predicted molar refractivity (Wildman–Crippen MR) is 103 cm³/mol. The van der Waals surface area contributed by atoms with Crippen molar-refractivity contribution in [2.24, 2.45) is 11.8 Å². The summed E-state index contributed by atoms with van der Waals surface area (Å²) in [5, 5.41) is 3.05. The van der Waals surface area contributed by atoms with Gasteiger partial charge in [-0.2, -0.15) is 0 Å². The maximum atomic E-state index is 12.9. The van der Waals surface area contributed by atoms with E-state index in [4.69, 9.17) is 4.74 Å². The Balaban J connectivity index is 1.24. The third kappa shape index (κ3) is 4.34. The van der Waals surface area contributed by atoms with Gasteiger partial charge in [0.25, 0.3) is 0 Å². The van der Waals surface area contributed by atoms with Gasteiger partial charge in [0, 0.05) is 38.1 Å². The molecule has 3 aliphatic rings. The van der Waals surface area contributed by atoms with Crippen molar-refractivity contribution in [2.45, 2.75) is 57.6 Å². The van der Waals surface area contributed by atoms with Crippen LogP contribution in [0.5, 0.6) is 0 Å². The van der Waals surface area contributed by atoms with Gasteiger partial charge in [-0.05, 0) is 56.1 Å². The van der Waals surface area contributed by atoms with Gasteiger partial charge in [0.15, 0.2) is 0 Å². The normalized spacial score (nSPS) is 27.9. The largest absolute Gasteiger partial charge is 0.376 e. The van der Waals surface area contributed by atoms with Crippen molar-refractivity contribution in [3.63, 3.8) is 0 Å². The molecule has 27 heavy (non-hydrogen) atoms. The van der Waals surface area contributed by atoms with Crippen molar-refractivity contribution in [3.8, 4) is 0 Å². The molecule has 1 aromatic carbocycles. The van der Waals surface area contributed by atoms with E-state index < -0.39 is 0 Å². The van der Waals surface area contributed by atoms with Crippen molar-refractivity contribution in [3.05, 3.63) is 35.4 Å². The number of fused-ring (bicyclic) bond motifs is 1. The minimum absolute atomic E-state index is 0.0533. The summed E-state index contributed by atoms with van der Waals surface area (Å²) in [6.45, 7) is 2.99. The Hall–Kier alpha value is -1.88. The highest BCUT2D eigenvalue weighted by Crippen LogP contribution is 2.31. The van der Waals surface area contributed by atoms with Crippen molar-refractivity contribution in [1.29, 1.82) is 0 Å². The van der Waals surface area contributed by atoms with Crippen LogP contribution in [0.1, 0.15) is 49.7 Å². The Morgan fingerprint density at radius 3 is 2.52 bits per heavy atom. The molecular formula is C22H30N2O3. The smallest absolute Gasteiger partial charge is 0.225 e. The number of hydrogen-bond donors (Lipinski definition) is 1. The number of carbonyl (C=O) groups excluding carboxylic acids is 2. The lowest BCUT2D eigenvalue weighted by Gasteiger charge is -2.34. The second-order valence-corrected chi connectivity index (χ2v) is 8.21. The van der Waals surface area contributed by atoms with Crippen molar-refractivity contribution >= 4 is 11.8 Å². The summed E-state index contributed by atoms with van der Waals surface area (Å²) in [4.78, 5) is 27.4. The molecule has 4 rings (SSSR count). The topological polar surface area (TPSA) is 58.6 Å². The van der Waals surface area contributed by atoms with Crippen LogP contribution in [0.25, 0.3) is 0 Å².